The minimum absolute atomic E-state index is 0.0932. The molecule has 4 nitrogen and oxygen atoms in total. The fourth-order valence-corrected chi connectivity index (χ4v) is 3.91. The van der Waals surface area contributed by atoms with Crippen molar-refractivity contribution in [2.75, 3.05) is 11.1 Å². The Morgan fingerprint density at radius 2 is 2.05 bits per heavy atom. The minimum Gasteiger partial charge on any atom is -0.384 e. The van der Waals surface area contributed by atoms with Crippen LogP contribution in [0.3, 0.4) is 0 Å². The van der Waals surface area contributed by atoms with Crippen molar-refractivity contribution >= 4 is 11.6 Å². The zero-order valence-corrected chi connectivity index (χ0v) is 11.8. The van der Waals surface area contributed by atoms with Crippen LogP contribution in [-0.4, -0.2) is 16.0 Å². The zero-order valence-electron chi connectivity index (χ0n) is 11.8. The van der Waals surface area contributed by atoms with Crippen molar-refractivity contribution in [3.63, 3.8) is 0 Å². The van der Waals surface area contributed by atoms with E-state index in [0.29, 0.717) is 11.8 Å². The van der Waals surface area contributed by atoms with E-state index in [4.69, 9.17) is 5.73 Å². The Labute approximate surface area is 121 Å². The summed E-state index contributed by atoms with van der Waals surface area (Å²) in [6, 6.07) is 1.45. The number of aromatic nitrogens is 2. The van der Waals surface area contributed by atoms with Crippen LogP contribution in [0.2, 0.25) is 0 Å². The Balaban J connectivity index is 1.74. The van der Waals surface area contributed by atoms with Crippen molar-refractivity contribution in [1.82, 2.24) is 9.97 Å². The molecule has 3 N–H and O–H groups in total. The van der Waals surface area contributed by atoms with E-state index in [9.17, 15) is 13.2 Å². The number of nitrogens with two attached hydrogens (primary N) is 1. The third-order valence-corrected chi connectivity index (χ3v) is 4.81. The fraction of sp³-hybridized carbons (Fsp3) is 0.714. The highest BCUT2D eigenvalue weighted by Gasteiger charge is 2.42. The van der Waals surface area contributed by atoms with Crippen LogP contribution < -0.4 is 11.1 Å². The Hall–Kier alpha value is -1.53. The number of rotatable bonds is 3. The maximum atomic E-state index is 12.7. The van der Waals surface area contributed by atoms with Crippen LogP contribution in [-0.2, 0) is 6.18 Å². The number of alkyl halides is 3. The van der Waals surface area contributed by atoms with Crippen LogP contribution in [0.1, 0.15) is 38.4 Å². The Morgan fingerprint density at radius 3 is 2.62 bits per heavy atom. The molecule has 2 bridgehead atoms. The SMILES string of the molecule is CC(Nc1cc(N)nc(C(F)(F)F)n1)C1CC2CCC1C2. The second kappa shape index (κ2) is 5.03. The standard InChI is InChI=1S/C14H19F3N4/c1-7(10-5-8-2-3-9(10)4-8)19-12-6-11(18)20-13(21-12)14(15,16)17/h6-10H,2-5H2,1H3,(H3,18,19,20,21). The predicted molar refractivity (Wildman–Crippen MR) is 73.5 cm³/mol. The number of nitrogens with zero attached hydrogens (tertiary/aromatic N) is 2. The van der Waals surface area contributed by atoms with Crippen molar-refractivity contribution in [2.45, 2.75) is 44.8 Å². The summed E-state index contributed by atoms with van der Waals surface area (Å²) in [6.45, 7) is 2.01. The molecular weight excluding hydrogens is 281 g/mol. The lowest BCUT2D eigenvalue weighted by atomic mass is 9.84. The van der Waals surface area contributed by atoms with E-state index in [-0.39, 0.29) is 17.7 Å². The first-order chi connectivity index (χ1) is 9.83. The van der Waals surface area contributed by atoms with Gasteiger partial charge in [-0.3, -0.25) is 0 Å². The van der Waals surface area contributed by atoms with Crippen LogP contribution in [0.5, 0.6) is 0 Å². The van der Waals surface area contributed by atoms with Crippen molar-refractivity contribution in [2.24, 2.45) is 17.8 Å². The van der Waals surface area contributed by atoms with Gasteiger partial charge in [0.1, 0.15) is 11.6 Å². The second-order valence-electron chi connectivity index (χ2n) is 6.27. The van der Waals surface area contributed by atoms with E-state index in [1.165, 1.54) is 25.3 Å². The largest absolute Gasteiger partial charge is 0.451 e. The van der Waals surface area contributed by atoms with E-state index in [2.05, 4.69) is 15.3 Å². The third-order valence-electron chi connectivity index (χ3n) is 4.81. The van der Waals surface area contributed by atoms with E-state index < -0.39 is 12.0 Å². The van der Waals surface area contributed by atoms with Gasteiger partial charge < -0.3 is 11.1 Å². The quantitative estimate of drug-likeness (QED) is 0.899. The normalized spacial score (nSPS) is 29.6. The molecule has 1 aromatic rings. The van der Waals surface area contributed by atoms with Crippen LogP contribution in [0.15, 0.2) is 6.07 Å². The maximum Gasteiger partial charge on any atom is 0.451 e. The van der Waals surface area contributed by atoms with Gasteiger partial charge in [0.15, 0.2) is 0 Å². The molecule has 7 heteroatoms. The zero-order chi connectivity index (χ0) is 15.2. The summed E-state index contributed by atoms with van der Waals surface area (Å²) < 4.78 is 38.1. The van der Waals surface area contributed by atoms with E-state index in [0.717, 1.165) is 12.3 Å². The summed E-state index contributed by atoms with van der Waals surface area (Å²) in [5.41, 5.74) is 5.45. The molecule has 1 aromatic heterocycles. The molecule has 116 valence electrons. The average Bonchev–Trinajstić information content (AvgIpc) is 2.99. The van der Waals surface area contributed by atoms with Crippen LogP contribution in [0.25, 0.3) is 0 Å². The smallest absolute Gasteiger partial charge is 0.384 e. The monoisotopic (exact) mass is 300 g/mol. The van der Waals surface area contributed by atoms with Gasteiger partial charge in [-0.05, 0) is 43.9 Å². The Kier molecular flexibility index (Phi) is 3.45. The Bertz CT molecular complexity index is 531. The van der Waals surface area contributed by atoms with Crippen LogP contribution in [0.4, 0.5) is 24.8 Å². The number of nitrogen functional groups attached to an aromatic ring is 1. The first-order valence-electron chi connectivity index (χ1n) is 7.31. The van der Waals surface area contributed by atoms with E-state index >= 15 is 0 Å². The van der Waals surface area contributed by atoms with Gasteiger partial charge in [-0.25, -0.2) is 9.97 Å². The van der Waals surface area contributed by atoms with Gasteiger partial charge in [0, 0.05) is 12.1 Å². The molecule has 0 aromatic carbocycles. The maximum absolute atomic E-state index is 12.7. The fourth-order valence-electron chi connectivity index (χ4n) is 3.91. The first kappa shape index (κ1) is 14.4. The predicted octanol–water partition coefficient (Wildman–Crippen LogP) is 3.31. The molecule has 21 heavy (non-hydrogen) atoms. The summed E-state index contributed by atoms with van der Waals surface area (Å²) >= 11 is 0. The van der Waals surface area contributed by atoms with Crippen molar-refractivity contribution in [1.29, 1.82) is 0 Å². The molecule has 0 radical (unpaired) electrons. The highest BCUT2D eigenvalue weighted by atomic mass is 19.4. The molecular formula is C14H19F3N4. The number of halogens is 3. The number of hydrogen-bond acceptors (Lipinski definition) is 4. The summed E-state index contributed by atoms with van der Waals surface area (Å²) in [7, 11) is 0. The van der Waals surface area contributed by atoms with Crippen molar-refractivity contribution < 1.29 is 13.2 Å². The molecule has 2 aliphatic carbocycles. The molecule has 2 saturated carbocycles. The lowest BCUT2D eigenvalue weighted by molar-refractivity contribution is -0.144. The molecule has 2 aliphatic rings. The molecule has 2 fully saturated rings. The first-order valence-corrected chi connectivity index (χ1v) is 7.31. The Morgan fingerprint density at radius 1 is 1.29 bits per heavy atom. The van der Waals surface area contributed by atoms with Gasteiger partial charge in [-0.2, -0.15) is 13.2 Å². The van der Waals surface area contributed by atoms with Gasteiger partial charge in [0.05, 0.1) is 0 Å². The summed E-state index contributed by atoms with van der Waals surface area (Å²) in [4.78, 5) is 6.80. The van der Waals surface area contributed by atoms with E-state index in [1.54, 1.807) is 0 Å². The van der Waals surface area contributed by atoms with Gasteiger partial charge in [0.2, 0.25) is 5.82 Å². The van der Waals surface area contributed by atoms with Gasteiger partial charge in [-0.15, -0.1) is 0 Å². The third kappa shape index (κ3) is 2.91. The van der Waals surface area contributed by atoms with E-state index in [1.807, 2.05) is 6.92 Å². The second-order valence-corrected chi connectivity index (χ2v) is 6.27. The average molecular weight is 300 g/mol. The van der Waals surface area contributed by atoms with Crippen molar-refractivity contribution in [3.05, 3.63) is 11.9 Å². The van der Waals surface area contributed by atoms with Gasteiger partial charge >= 0.3 is 6.18 Å². The molecule has 4 unspecified atom stereocenters. The summed E-state index contributed by atoms with van der Waals surface area (Å²) in [5.74, 6) is 0.800. The van der Waals surface area contributed by atoms with Crippen LogP contribution >= 0.6 is 0 Å². The molecule has 1 heterocycles. The topological polar surface area (TPSA) is 63.8 Å². The minimum atomic E-state index is -4.58. The summed E-state index contributed by atoms with van der Waals surface area (Å²) in [6.07, 6.45) is 0.372. The molecule has 0 aliphatic heterocycles. The highest BCUT2D eigenvalue weighted by molar-refractivity contribution is 5.45. The molecule has 4 atom stereocenters. The lowest BCUT2D eigenvalue weighted by Gasteiger charge is -2.29. The number of hydrogen-bond donors (Lipinski definition) is 2. The van der Waals surface area contributed by atoms with Gasteiger partial charge in [-0.1, -0.05) is 6.42 Å². The highest BCUT2D eigenvalue weighted by Crippen LogP contribution is 2.49. The lowest BCUT2D eigenvalue weighted by Crippen LogP contribution is -2.30. The number of fused-ring (bicyclic) bond motifs is 2. The van der Waals surface area contributed by atoms with Crippen molar-refractivity contribution in [3.8, 4) is 0 Å². The number of anilines is 2. The molecule has 0 spiro atoms. The molecule has 3 rings (SSSR count). The summed E-state index contributed by atoms with van der Waals surface area (Å²) in [5, 5.41) is 3.09. The molecule has 0 saturated heterocycles. The number of nitrogens with one attached hydrogen (secondary N) is 1. The van der Waals surface area contributed by atoms with Crippen LogP contribution in [0, 0.1) is 17.8 Å². The molecule has 0 amide bonds. The van der Waals surface area contributed by atoms with Gasteiger partial charge in [0.25, 0.3) is 0 Å².